The van der Waals surface area contributed by atoms with Gasteiger partial charge in [-0.3, -0.25) is 9.10 Å². The van der Waals surface area contributed by atoms with Crippen molar-refractivity contribution in [1.29, 1.82) is 0 Å². The van der Waals surface area contributed by atoms with Gasteiger partial charge in [0, 0.05) is 0 Å². The molecule has 1 amide bonds. The number of halogens is 1. The predicted molar refractivity (Wildman–Crippen MR) is 107 cm³/mol. The average molecular weight is 395 g/mol. The normalized spacial score (nSPS) is 11.9. The molecular formula is C19H23ClN2O3S. The van der Waals surface area contributed by atoms with Crippen LogP contribution in [0.2, 0.25) is 5.02 Å². The second-order valence-electron chi connectivity index (χ2n) is 7.09. The molecule has 0 fully saturated rings. The lowest BCUT2D eigenvalue weighted by molar-refractivity contribution is -0.114. The maximum Gasteiger partial charge on any atom is 0.245 e. The van der Waals surface area contributed by atoms with E-state index in [1.807, 2.05) is 12.1 Å². The van der Waals surface area contributed by atoms with Crippen molar-refractivity contribution in [3.63, 3.8) is 0 Å². The third kappa shape index (κ3) is 5.22. The number of hydrogen-bond donors (Lipinski definition) is 1. The quantitative estimate of drug-likeness (QED) is 0.832. The van der Waals surface area contributed by atoms with Crippen LogP contribution in [0.5, 0.6) is 0 Å². The minimum atomic E-state index is -3.62. The number of sulfonamides is 1. The minimum Gasteiger partial charge on any atom is -0.323 e. The molecule has 7 heteroatoms. The molecule has 0 bridgehead atoms. The second-order valence-corrected chi connectivity index (χ2v) is 9.41. The third-order valence-corrected chi connectivity index (χ3v) is 5.33. The van der Waals surface area contributed by atoms with E-state index in [-0.39, 0.29) is 12.0 Å². The Bertz CT molecular complexity index is 888. The van der Waals surface area contributed by atoms with Crippen LogP contribution in [0.4, 0.5) is 11.4 Å². The van der Waals surface area contributed by atoms with E-state index in [1.54, 1.807) is 36.4 Å². The molecule has 0 aliphatic carbocycles. The van der Waals surface area contributed by atoms with Crippen LogP contribution in [0.25, 0.3) is 0 Å². The standard InChI is InChI=1S/C19H23ClN2O3S/c1-19(2,3)14-9-11-15(12-10-14)22(26(4,24)25)13-18(23)21-17-8-6-5-7-16(17)20/h5-12H,13H2,1-4H3,(H,21,23). The molecule has 140 valence electrons. The molecule has 26 heavy (non-hydrogen) atoms. The Morgan fingerprint density at radius 2 is 1.65 bits per heavy atom. The first-order valence-electron chi connectivity index (χ1n) is 8.11. The van der Waals surface area contributed by atoms with Crippen LogP contribution < -0.4 is 9.62 Å². The van der Waals surface area contributed by atoms with Gasteiger partial charge in [0.2, 0.25) is 15.9 Å². The number of rotatable bonds is 5. The van der Waals surface area contributed by atoms with Crippen molar-refractivity contribution in [2.24, 2.45) is 0 Å². The number of nitrogens with zero attached hydrogens (tertiary/aromatic N) is 1. The van der Waals surface area contributed by atoms with Crippen molar-refractivity contribution in [3.8, 4) is 0 Å². The molecule has 0 heterocycles. The van der Waals surface area contributed by atoms with Gasteiger partial charge in [-0.05, 0) is 35.2 Å². The van der Waals surface area contributed by atoms with Gasteiger partial charge in [0.1, 0.15) is 6.54 Å². The Hall–Kier alpha value is -2.05. The molecule has 0 unspecified atom stereocenters. The van der Waals surface area contributed by atoms with Crippen molar-refractivity contribution in [2.45, 2.75) is 26.2 Å². The van der Waals surface area contributed by atoms with E-state index in [1.165, 1.54) is 0 Å². The summed E-state index contributed by atoms with van der Waals surface area (Å²) in [5.41, 5.74) is 1.91. The first-order chi connectivity index (χ1) is 12.0. The zero-order valence-electron chi connectivity index (χ0n) is 15.3. The van der Waals surface area contributed by atoms with Gasteiger partial charge in [0.05, 0.1) is 22.7 Å². The van der Waals surface area contributed by atoms with Crippen LogP contribution >= 0.6 is 11.6 Å². The lowest BCUT2D eigenvalue weighted by Crippen LogP contribution is -2.37. The largest absolute Gasteiger partial charge is 0.323 e. The number of carbonyl (C=O) groups is 1. The molecule has 0 saturated heterocycles. The van der Waals surface area contributed by atoms with Crippen LogP contribution in [0.3, 0.4) is 0 Å². The highest BCUT2D eigenvalue weighted by Gasteiger charge is 2.22. The molecule has 0 radical (unpaired) electrons. The molecule has 2 aromatic carbocycles. The second kappa shape index (κ2) is 7.68. The summed E-state index contributed by atoms with van der Waals surface area (Å²) in [4.78, 5) is 12.3. The summed E-state index contributed by atoms with van der Waals surface area (Å²) in [5.74, 6) is -0.469. The smallest absolute Gasteiger partial charge is 0.245 e. The van der Waals surface area contributed by atoms with Crippen LogP contribution in [-0.2, 0) is 20.2 Å². The minimum absolute atomic E-state index is 0.0458. The van der Waals surface area contributed by atoms with Crippen molar-refractivity contribution >= 4 is 38.9 Å². The molecule has 1 N–H and O–H groups in total. The summed E-state index contributed by atoms with van der Waals surface area (Å²) in [6.45, 7) is 5.90. The number of carbonyl (C=O) groups excluding carboxylic acids is 1. The van der Waals surface area contributed by atoms with Gasteiger partial charge in [-0.15, -0.1) is 0 Å². The average Bonchev–Trinajstić information content (AvgIpc) is 2.53. The SMILES string of the molecule is CC(C)(C)c1ccc(N(CC(=O)Nc2ccccc2Cl)S(C)(=O)=O)cc1. The van der Waals surface area contributed by atoms with Crippen LogP contribution in [0.15, 0.2) is 48.5 Å². The fraction of sp³-hybridized carbons (Fsp3) is 0.316. The Labute approximate surface area is 160 Å². The molecule has 0 spiro atoms. The highest BCUT2D eigenvalue weighted by atomic mass is 35.5. The fourth-order valence-corrected chi connectivity index (χ4v) is 3.45. The van der Waals surface area contributed by atoms with E-state index in [4.69, 9.17) is 11.6 Å². The van der Waals surface area contributed by atoms with Gasteiger partial charge < -0.3 is 5.32 Å². The molecule has 0 aliphatic rings. The molecule has 0 saturated carbocycles. The van der Waals surface area contributed by atoms with Crippen LogP contribution in [0, 0.1) is 0 Å². The summed E-state index contributed by atoms with van der Waals surface area (Å²) < 4.78 is 25.5. The molecule has 0 atom stereocenters. The van der Waals surface area contributed by atoms with Crippen molar-refractivity contribution < 1.29 is 13.2 Å². The molecule has 2 aromatic rings. The first kappa shape index (κ1) is 20.3. The molecular weight excluding hydrogens is 372 g/mol. The number of hydrogen-bond acceptors (Lipinski definition) is 3. The lowest BCUT2D eigenvalue weighted by Gasteiger charge is -2.24. The Balaban J connectivity index is 2.23. The summed E-state index contributed by atoms with van der Waals surface area (Å²) >= 11 is 6.03. The summed E-state index contributed by atoms with van der Waals surface area (Å²) in [7, 11) is -3.62. The zero-order valence-corrected chi connectivity index (χ0v) is 16.9. The molecule has 5 nitrogen and oxygen atoms in total. The van der Waals surface area contributed by atoms with Crippen LogP contribution in [-0.4, -0.2) is 27.1 Å². The van der Waals surface area contributed by atoms with E-state index in [0.29, 0.717) is 16.4 Å². The topological polar surface area (TPSA) is 66.5 Å². The van der Waals surface area contributed by atoms with E-state index in [0.717, 1.165) is 16.1 Å². The summed E-state index contributed by atoms with van der Waals surface area (Å²) in [5, 5.41) is 3.03. The maximum absolute atomic E-state index is 12.3. The first-order valence-corrected chi connectivity index (χ1v) is 10.3. The number of anilines is 2. The van der Waals surface area contributed by atoms with Crippen molar-refractivity contribution in [1.82, 2.24) is 0 Å². The lowest BCUT2D eigenvalue weighted by atomic mass is 9.87. The summed E-state index contributed by atoms with van der Waals surface area (Å²) in [6.07, 6.45) is 1.08. The Morgan fingerprint density at radius 3 is 2.15 bits per heavy atom. The number of benzene rings is 2. The van der Waals surface area contributed by atoms with E-state index in [9.17, 15) is 13.2 Å². The van der Waals surface area contributed by atoms with Crippen molar-refractivity contribution in [2.75, 3.05) is 22.4 Å². The molecule has 0 aliphatic heterocycles. The highest BCUT2D eigenvalue weighted by Crippen LogP contribution is 2.26. The van der Waals surface area contributed by atoms with Gasteiger partial charge in [-0.2, -0.15) is 0 Å². The van der Waals surface area contributed by atoms with Gasteiger partial charge >= 0.3 is 0 Å². The number of nitrogens with one attached hydrogen (secondary N) is 1. The fourth-order valence-electron chi connectivity index (χ4n) is 2.41. The van der Waals surface area contributed by atoms with Gasteiger partial charge in [-0.1, -0.05) is 56.6 Å². The molecule has 2 rings (SSSR count). The van der Waals surface area contributed by atoms with Gasteiger partial charge in [0.25, 0.3) is 0 Å². The van der Waals surface area contributed by atoms with Gasteiger partial charge in [-0.25, -0.2) is 8.42 Å². The van der Waals surface area contributed by atoms with Crippen molar-refractivity contribution in [3.05, 3.63) is 59.1 Å². The Kier molecular flexibility index (Phi) is 5.98. The van der Waals surface area contributed by atoms with E-state index in [2.05, 4.69) is 26.1 Å². The number of amides is 1. The Morgan fingerprint density at radius 1 is 1.08 bits per heavy atom. The van der Waals surface area contributed by atoms with E-state index >= 15 is 0 Å². The number of para-hydroxylation sites is 1. The van der Waals surface area contributed by atoms with E-state index < -0.39 is 15.9 Å². The highest BCUT2D eigenvalue weighted by molar-refractivity contribution is 7.92. The monoisotopic (exact) mass is 394 g/mol. The third-order valence-electron chi connectivity index (χ3n) is 3.86. The predicted octanol–water partition coefficient (Wildman–Crippen LogP) is 4.04. The summed E-state index contributed by atoms with van der Waals surface area (Å²) in [6, 6.07) is 14.0. The zero-order chi connectivity index (χ0) is 19.5. The maximum atomic E-state index is 12.3. The molecule has 0 aromatic heterocycles. The van der Waals surface area contributed by atoms with Gasteiger partial charge in [0.15, 0.2) is 0 Å². The van der Waals surface area contributed by atoms with Crippen LogP contribution in [0.1, 0.15) is 26.3 Å².